The van der Waals surface area contributed by atoms with Crippen molar-refractivity contribution in [2.75, 3.05) is 5.32 Å². The van der Waals surface area contributed by atoms with E-state index in [9.17, 15) is 9.59 Å². The summed E-state index contributed by atoms with van der Waals surface area (Å²) in [6, 6.07) is 6.69. The Hall–Kier alpha value is -2.69. The van der Waals surface area contributed by atoms with Crippen LogP contribution in [0.1, 0.15) is 57.3 Å². The molecule has 1 aromatic carbocycles. The van der Waals surface area contributed by atoms with Gasteiger partial charge in [0.15, 0.2) is 0 Å². The van der Waals surface area contributed by atoms with Crippen LogP contribution in [-0.4, -0.2) is 18.0 Å². The van der Waals surface area contributed by atoms with E-state index in [2.05, 4.69) is 35.8 Å². The van der Waals surface area contributed by atoms with E-state index in [1.54, 1.807) is 37.4 Å². The van der Waals surface area contributed by atoms with Crippen molar-refractivity contribution < 1.29 is 9.59 Å². The molecule has 0 saturated carbocycles. The van der Waals surface area contributed by atoms with Gasteiger partial charge in [0.2, 0.25) is 5.91 Å². The number of rotatable bonds is 8. The molecule has 0 atom stereocenters. The second-order valence-electron chi connectivity index (χ2n) is 6.03. The molecule has 0 bridgehead atoms. The highest BCUT2D eigenvalue weighted by atomic mass is 16.2. The minimum Gasteiger partial charge on any atom is -0.326 e. The van der Waals surface area contributed by atoms with E-state index in [1.807, 2.05) is 13.0 Å². The number of hydrazone groups is 1. The first-order valence-electron chi connectivity index (χ1n) is 8.44. The van der Waals surface area contributed by atoms with Gasteiger partial charge in [-0.2, -0.15) is 5.10 Å². The highest BCUT2D eigenvalue weighted by molar-refractivity contribution is 5.96. The van der Waals surface area contributed by atoms with Crippen molar-refractivity contribution in [2.24, 2.45) is 5.10 Å². The van der Waals surface area contributed by atoms with Crippen LogP contribution in [0.4, 0.5) is 5.69 Å². The number of carbonyl (C=O) groups excluding carboxylic acids is 2. The second kappa shape index (κ2) is 11.0. The summed E-state index contributed by atoms with van der Waals surface area (Å²) in [6.45, 7) is 7.99. The first kappa shape index (κ1) is 20.4. The van der Waals surface area contributed by atoms with Gasteiger partial charge in [-0.3, -0.25) is 9.59 Å². The summed E-state index contributed by atoms with van der Waals surface area (Å²) < 4.78 is 0. The molecule has 0 saturated heterocycles. The maximum absolute atomic E-state index is 12.0. The fourth-order valence-electron chi connectivity index (χ4n) is 1.95. The van der Waals surface area contributed by atoms with Crippen LogP contribution in [0.3, 0.4) is 0 Å². The molecule has 0 heterocycles. The molecule has 0 aliphatic heterocycles. The third-order valence-corrected chi connectivity index (χ3v) is 3.44. The Morgan fingerprint density at radius 3 is 2.40 bits per heavy atom. The standard InChI is InChI=1S/C20H27N3O2/c1-5-19(24)22-18-11-9-17(10-12-18)20(25)23-21-14-13-16(4)8-6-7-15(2)3/h7,9-14H,5-6,8H2,1-4H3,(H,22,24)(H,23,25)/b16-13+,21-14-. The van der Waals surface area contributed by atoms with Gasteiger partial charge in [0.25, 0.3) is 5.91 Å². The lowest BCUT2D eigenvalue weighted by molar-refractivity contribution is -0.115. The smallest absolute Gasteiger partial charge is 0.271 e. The molecule has 0 aliphatic rings. The Morgan fingerprint density at radius 1 is 1.12 bits per heavy atom. The molecule has 2 amide bonds. The van der Waals surface area contributed by atoms with E-state index in [0.717, 1.165) is 12.8 Å². The number of carbonyl (C=O) groups is 2. The minimum absolute atomic E-state index is 0.0615. The van der Waals surface area contributed by atoms with Crippen LogP contribution in [0.25, 0.3) is 0 Å². The van der Waals surface area contributed by atoms with Crippen LogP contribution in [0.15, 0.2) is 52.7 Å². The Kier molecular flexibility index (Phi) is 8.93. The number of hydrogen-bond acceptors (Lipinski definition) is 3. The molecule has 5 nitrogen and oxygen atoms in total. The Morgan fingerprint density at radius 2 is 1.80 bits per heavy atom. The quantitative estimate of drug-likeness (QED) is 0.417. The summed E-state index contributed by atoms with van der Waals surface area (Å²) >= 11 is 0. The molecular weight excluding hydrogens is 314 g/mol. The molecule has 0 unspecified atom stereocenters. The van der Waals surface area contributed by atoms with E-state index < -0.39 is 0 Å². The summed E-state index contributed by atoms with van der Waals surface area (Å²) in [5.41, 5.74) is 6.15. The first-order chi connectivity index (χ1) is 11.9. The number of benzene rings is 1. The van der Waals surface area contributed by atoms with Crippen LogP contribution < -0.4 is 10.7 Å². The minimum atomic E-state index is -0.291. The zero-order chi connectivity index (χ0) is 18.7. The van der Waals surface area contributed by atoms with E-state index >= 15 is 0 Å². The summed E-state index contributed by atoms with van der Waals surface area (Å²) in [5.74, 6) is -0.353. The summed E-state index contributed by atoms with van der Waals surface area (Å²) in [5, 5.41) is 6.66. The van der Waals surface area contributed by atoms with E-state index in [-0.39, 0.29) is 11.8 Å². The van der Waals surface area contributed by atoms with Crippen molar-refractivity contribution in [2.45, 2.75) is 47.0 Å². The van der Waals surface area contributed by atoms with Crippen molar-refractivity contribution in [3.8, 4) is 0 Å². The van der Waals surface area contributed by atoms with E-state index in [1.165, 1.54) is 11.1 Å². The highest BCUT2D eigenvalue weighted by Gasteiger charge is 2.04. The van der Waals surface area contributed by atoms with E-state index in [0.29, 0.717) is 17.7 Å². The zero-order valence-electron chi connectivity index (χ0n) is 15.4. The summed E-state index contributed by atoms with van der Waals surface area (Å²) in [4.78, 5) is 23.3. The molecule has 25 heavy (non-hydrogen) atoms. The van der Waals surface area contributed by atoms with Gasteiger partial charge < -0.3 is 5.32 Å². The lowest BCUT2D eigenvalue weighted by atomic mass is 10.1. The summed E-state index contributed by atoms with van der Waals surface area (Å²) in [6.07, 6.45) is 8.07. The van der Waals surface area contributed by atoms with Gasteiger partial charge in [0, 0.05) is 23.9 Å². The van der Waals surface area contributed by atoms with Crippen LogP contribution >= 0.6 is 0 Å². The Bertz CT molecular complexity index is 667. The lowest BCUT2D eigenvalue weighted by Gasteiger charge is -2.04. The Balaban J connectivity index is 2.48. The Labute approximate surface area is 149 Å². The fraction of sp³-hybridized carbons (Fsp3) is 0.350. The molecule has 0 aromatic heterocycles. The average molecular weight is 341 g/mol. The fourth-order valence-corrected chi connectivity index (χ4v) is 1.95. The third-order valence-electron chi connectivity index (χ3n) is 3.44. The number of nitrogens with one attached hydrogen (secondary N) is 2. The van der Waals surface area contributed by atoms with Gasteiger partial charge >= 0.3 is 0 Å². The molecule has 0 spiro atoms. The van der Waals surface area contributed by atoms with Crippen molar-refractivity contribution in [1.82, 2.24) is 5.43 Å². The van der Waals surface area contributed by atoms with Gasteiger partial charge in [0.1, 0.15) is 0 Å². The molecule has 1 aromatic rings. The van der Waals surface area contributed by atoms with Crippen molar-refractivity contribution >= 4 is 23.7 Å². The van der Waals surface area contributed by atoms with Crippen LogP contribution in [-0.2, 0) is 4.79 Å². The largest absolute Gasteiger partial charge is 0.326 e. The molecule has 0 radical (unpaired) electrons. The molecule has 5 heteroatoms. The third kappa shape index (κ3) is 8.65. The van der Waals surface area contributed by atoms with Gasteiger partial charge in [-0.25, -0.2) is 5.43 Å². The average Bonchev–Trinajstić information content (AvgIpc) is 2.58. The van der Waals surface area contributed by atoms with Gasteiger partial charge in [-0.1, -0.05) is 24.1 Å². The predicted octanol–water partition coefficient (Wildman–Crippen LogP) is 4.44. The lowest BCUT2D eigenvalue weighted by Crippen LogP contribution is -2.17. The number of hydrogen-bond donors (Lipinski definition) is 2. The van der Waals surface area contributed by atoms with E-state index in [4.69, 9.17) is 0 Å². The SMILES string of the molecule is CCC(=O)Nc1ccc(C(=O)N/N=C\C=C(/C)CCC=C(C)C)cc1. The molecule has 0 aliphatic carbocycles. The van der Waals surface area contributed by atoms with Crippen molar-refractivity contribution in [3.63, 3.8) is 0 Å². The molecule has 134 valence electrons. The first-order valence-corrected chi connectivity index (χ1v) is 8.44. The second-order valence-corrected chi connectivity index (χ2v) is 6.03. The number of anilines is 1. The molecule has 1 rings (SSSR count). The van der Waals surface area contributed by atoms with Crippen molar-refractivity contribution in [3.05, 3.63) is 53.1 Å². The molecular formula is C20H27N3O2. The number of allylic oxidation sites excluding steroid dienone is 4. The van der Waals surface area contributed by atoms with Gasteiger partial charge in [0.05, 0.1) is 0 Å². The molecule has 0 fully saturated rings. The maximum atomic E-state index is 12.0. The van der Waals surface area contributed by atoms with Gasteiger partial charge in [-0.05, 0) is 64.0 Å². The molecule has 2 N–H and O–H groups in total. The topological polar surface area (TPSA) is 70.6 Å². The van der Waals surface area contributed by atoms with Crippen molar-refractivity contribution in [1.29, 1.82) is 0 Å². The predicted molar refractivity (Wildman–Crippen MR) is 104 cm³/mol. The monoisotopic (exact) mass is 341 g/mol. The zero-order valence-corrected chi connectivity index (χ0v) is 15.4. The van der Waals surface area contributed by atoms with Gasteiger partial charge in [-0.15, -0.1) is 0 Å². The maximum Gasteiger partial charge on any atom is 0.271 e. The normalized spacial score (nSPS) is 11.3. The van der Waals surface area contributed by atoms with Crippen LogP contribution in [0.5, 0.6) is 0 Å². The van der Waals surface area contributed by atoms with Crippen LogP contribution in [0.2, 0.25) is 0 Å². The highest BCUT2D eigenvalue weighted by Crippen LogP contribution is 2.10. The number of nitrogens with zero attached hydrogens (tertiary/aromatic N) is 1. The van der Waals surface area contributed by atoms with Crippen LogP contribution in [0, 0.1) is 0 Å². The summed E-state index contributed by atoms with van der Waals surface area (Å²) in [7, 11) is 0. The number of amides is 2.